The maximum Gasteiger partial charge on any atom is 0.257 e. The van der Waals surface area contributed by atoms with Crippen LogP contribution in [0.5, 0.6) is 11.5 Å². The van der Waals surface area contributed by atoms with Gasteiger partial charge in [0.15, 0.2) is 6.61 Å². The molecule has 1 amide bonds. The van der Waals surface area contributed by atoms with Crippen molar-refractivity contribution < 1.29 is 14.3 Å². The number of carbonyl (C=O) groups is 1. The minimum Gasteiger partial charge on any atom is -0.494 e. The molecular weight excluding hydrogens is 474 g/mol. The van der Waals surface area contributed by atoms with E-state index in [0.717, 1.165) is 72.6 Å². The number of nitrogens with zero attached hydrogens (tertiary/aromatic N) is 2. The first-order valence-corrected chi connectivity index (χ1v) is 13.6. The summed E-state index contributed by atoms with van der Waals surface area (Å²) in [6.07, 6.45) is 4.81. The number of benzene rings is 3. The molecule has 1 aromatic heterocycles. The number of aryl methyl sites for hydroxylation is 5. The minimum absolute atomic E-state index is 0.0436. The average molecular weight is 514 g/mol. The molecule has 0 aliphatic carbocycles. The number of fused-ring (bicyclic) bond motifs is 1. The summed E-state index contributed by atoms with van der Waals surface area (Å²) in [4.78, 5) is 17.1. The third kappa shape index (κ3) is 7.85. The van der Waals surface area contributed by atoms with Crippen LogP contribution in [0, 0.1) is 20.8 Å². The van der Waals surface area contributed by atoms with E-state index in [0.29, 0.717) is 13.2 Å². The van der Waals surface area contributed by atoms with Gasteiger partial charge in [0.1, 0.15) is 17.3 Å². The van der Waals surface area contributed by atoms with E-state index in [1.807, 2.05) is 50.2 Å². The van der Waals surface area contributed by atoms with Gasteiger partial charge in [-0.2, -0.15) is 0 Å². The zero-order chi connectivity index (χ0) is 26.7. The zero-order valence-electron chi connectivity index (χ0n) is 22.8. The van der Waals surface area contributed by atoms with Crippen molar-refractivity contribution in [3.8, 4) is 11.5 Å². The predicted molar refractivity (Wildman–Crippen MR) is 153 cm³/mol. The molecule has 1 N–H and O–H groups in total. The Hall–Kier alpha value is -3.80. The number of aromatic nitrogens is 2. The van der Waals surface area contributed by atoms with Gasteiger partial charge in [-0.25, -0.2) is 4.98 Å². The van der Waals surface area contributed by atoms with E-state index in [9.17, 15) is 4.79 Å². The van der Waals surface area contributed by atoms with E-state index in [2.05, 4.69) is 47.1 Å². The monoisotopic (exact) mass is 513 g/mol. The maximum atomic E-state index is 12.2. The number of ether oxygens (including phenoxy) is 2. The molecule has 0 saturated carbocycles. The van der Waals surface area contributed by atoms with Crippen LogP contribution in [0.2, 0.25) is 0 Å². The number of carbonyl (C=O) groups excluding carboxylic acids is 1. The number of para-hydroxylation sites is 2. The first kappa shape index (κ1) is 27.2. The highest BCUT2D eigenvalue weighted by Crippen LogP contribution is 2.20. The Bertz CT molecular complexity index is 1330. The molecule has 1 heterocycles. The Kier molecular flexibility index (Phi) is 9.79. The number of nitrogens with one attached hydrogen (secondary N) is 1. The van der Waals surface area contributed by atoms with Crippen LogP contribution < -0.4 is 14.8 Å². The lowest BCUT2D eigenvalue weighted by Crippen LogP contribution is -2.29. The van der Waals surface area contributed by atoms with Crippen molar-refractivity contribution in [3.63, 3.8) is 0 Å². The second-order valence-corrected chi connectivity index (χ2v) is 9.90. The van der Waals surface area contributed by atoms with Gasteiger partial charge in [-0.3, -0.25) is 4.79 Å². The fourth-order valence-electron chi connectivity index (χ4n) is 4.48. The van der Waals surface area contributed by atoms with Crippen LogP contribution in [-0.4, -0.2) is 35.2 Å². The molecule has 3 aromatic carbocycles. The lowest BCUT2D eigenvalue weighted by Gasteiger charge is -2.11. The minimum atomic E-state index is -0.0828. The van der Waals surface area contributed by atoms with Gasteiger partial charge in [0.2, 0.25) is 0 Å². The summed E-state index contributed by atoms with van der Waals surface area (Å²) in [6, 6.07) is 22.5. The Morgan fingerprint density at radius 2 is 1.66 bits per heavy atom. The molecule has 200 valence electrons. The van der Waals surface area contributed by atoms with Crippen LogP contribution in [-0.2, 0) is 17.8 Å². The SMILES string of the molecule is Cc1ccc(OCCCn2c(CCCCCNC(=O)COc3cc(C)ccc3C)nc3ccccc32)cc1. The van der Waals surface area contributed by atoms with Crippen molar-refractivity contribution in [2.45, 2.75) is 59.4 Å². The highest BCUT2D eigenvalue weighted by molar-refractivity contribution is 5.77. The van der Waals surface area contributed by atoms with Crippen molar-refractivity contribution in [1.82, 2.24) is 14.9 Å². The zero-order valence-corrected chi connectivity index (χ0v) is 22.8. The number of hydrogen-bond acceptors (Lipinski definition) is 4. The Morgan fingerprint density at radius 1 is 0.868 bits per heavy atom. The van der Waals surface area contributed by atoms with Crippen LogP contribution in [0.25, 0.3) is 11.0 Å². The topological polar surface area (TPSA) is 65.4 Å². The number of hydrogen-bond donors (Lipinski definition) is 1. The molecule has 6 heteroatoms. The third-order valence-corrected chi connectivity index (χ3v) is 6.65. The van der Waals surface area contributed by atoms with Crippen molar-refractivity contribution >= 4 is 16.9 Å². The Balaban J connectivity index is 1.18. The van der Waals surface area contributed by atoms with Crippen LogP contribution in [0.1, 0.15) is 48.2 Å². The average Bonchev–Trinajstić information content (AvgIpc) is 3.27. The molecule has 0 spiro atoms. The Morgan fingerprint density at radius 3 is 2.50 bits per heavy atom. The number of amides is 1. The molecule has 0 saturated heterocycles. The largest absolute Gasteiger partial charge is 0.494 e. The second kappa shape index (κ2) is 13.7. The third-order valence-electron chi connectivity index (χ3n) is 6.65. The van der Waals surface area contributed by atoms with Crippen molar-refractivity contribution in [3.05, 3.63) is 89.2 Å². The van der Waals surface area contributed by atoms with E-state index in [-0.39, 0.29) is 12.5 Å². The fourth-order valence-corrected chi connectivity index (χ4v) is 4.48. The fraction of sp³-hybridized carbons (Fsp3) is 0.375. The Labute approximate surface area is 226 Å². The van der Waals surface area contributed by atoms with E-state index < -0.39 is 0 Å². The van der Waals surface area contributed by atoms with Crippen molar-refractivity contribution in [2.24, 2.45) is 0 Å². The molecule has 4 aromatic rings. The lowest BCUT2D eigenvalue weighted by molar-refractivity contribution is -0.123. The molecule has 4 rings (SSSR count). The maximum absolute atomic E-state index is 12.2. The molecule has 0 fully saturated rings. The van der Waals surface area contributed by atoms with Gasteiger partial charge in [0.25, 0.3) is 5.91 Å². The molecule has 0 aliphatic rings. The van der Waals surface area contributed by atoms with Crippen LogP contribution in [0.4, 0.5) is 0 Å². The first-order valence-electron chi connectivity index (χ1n) is 13.6. The number of rotatable bonds is 14. The second-order valence-electron chi connectivity index (χ2n) is 9.90. The highest BCUT2D eigenvalue weighted by atomic mass is 16.5. The van der Waals surface area contributed by atoms with Gasteiger partial charge in [0, 0.05) is 19.5 Å². The van der Waals surface area contributed by atoms with Crippen LogP contribution in [0.3, 0.4) is 0 Å². The van der Waals surface area contributed by atoms with E-state index in [1.54, 1.807) is 0 Å². The lowest BCUT2D eigenvalue weighted by atomic mass is 10.1. The predicted octanol–water partition coefficient (Wildman–Crippen LogP) is 6.34. The number of imidazole rings is 1. The molecule has 0 unspecified atom stereocenters. The van der Waals surface area contributed by atoms with Gasteiger partial charge in [-0.05, 0) is 81.5 Å². The van der Waals surface area contributed by atoms with E-state index >= 15 is 0 Å². The number of unbranched alkanes of at least 4 members (excludes halogenated alkanes) is 2. The molecule has 0 bridgehead atoms. The molecule has 0 radical (unpaired) electrons. The first-order chi connectivity index (χ1) is 18.5. The molecular formula is C32H39N3O3. The normalized spacial score (nSPS) is 11.0. The summed E-state index contributed by atoms with van der Waals surface area (Å²) < 4.78 is 14.0. The van der Waals surface area contributed by atoms with Crippen molar-refractivity contribution in [2.75, 3.05) is 19.8 Å². The van der Waals surface area contributed by atoms with Gasteiger partial charge in [0.05, 0.1) is 17.6 Å². The summed E-state index contributed by atoms with van der Waals surface area (Å²) in [6.45, 7) is 8.32. The van der Waals surface area contributed by atoms with Gasteiger partial charge in [-0.15, -0.1) is 0 Å². The molecule has 0 atom stereocenters. The van der Waals surface area contributed by atoms with Crippen LogP contribution >= 0.6 is 0 Å². The summed E-state index contributed by atoms with van der Waals surface area (Å²) in [5.74, 6) is 2.72. The van der Waals surface area contributed by atoms with Gasteiger partial charge >= 0.3 is 0 Å². The van der Waals surface area contributed by atoms with Crippen molar-refractivity contribution in [1.29, 1.82) is 0 Å². The van der Waals surface area contributed by atoms with Gasteiger partial charge in [-0.1, -0.05) is 48.4 Å². The van der Waals surface area contributed by atoms with Gasteiger partial charge < -0.3 is 19.4 Å². The summed E-state index contributed by atoms with van der Waals surface area (Å²) in [5.41, 5.74) is 5.60. The molecule has 6 nitrogen and oxygen atoms in total. The van der Waals surface area contributed by atoms with E-state index in [1.165, 1.54) is 11.1 Å². The molecule has 38 heavy (non-hydrogen) atoms. The smallest absolute Gasteiger partial charge is 0.257 e. The summed E-state index contributed by atoms with van der Waals surface area (Å²) in [5, 5.41) is 2.97. The van der Waals surface area contributed by atoms with E-state index in [4.69, 9.17) is 14.5 Å². The summed E-state index contributed by atoms with van der Waals surface area (Å²) >= 11 is 0. The summed E-state index contributed by atoms with van der Waals surface area (Å²) in [7, 11) is 0. The standard InChI is InChI=1S/C32H39N3O3/c1-24-14-17-27(18-15-24)37-21-9-20-35-29-11-7-6-10-28(29)34-31(35)12-5-4-8-19-33-32(36)23-38-30-22-25(2)13-16-26(30)3/h6-7,10-11,13-18,22H,4-5,8-9,12,19-21,23H2,1-3H3,(H,33,36). The molecule has 0 aliphatic heterocycles. The van der Waals surface area contributed by atoms with Crippen LogP contribution in [0.15, 0.2) is 66.7 Å². The highest BCUT2D eigenvalue weighted by Gasteiger charge is 2.10. The quantitative estimate of drug-likeness (QED) is 0.200.